The van der Waals surface area contributed by atoms with Crippen molar-refractivity contribution in [3.05, 3.63) is 52.8 Å². The Bertz CT molecular complexity index is 683. The molecular weight excluding hydrogens is 312 g/mol. The maximum atomic E-state index is 13.1. The summed E-state index contributed by atoms with van der Waals surface area (Å²) in [7, 11) is 0. The zero-order valence-electron chi connectivity index (χ0n) is 10.2. The van der Waals surface area contributed by atoms with E-state index < -0.39 is 17.9 Å². The highest BCUT2D eigenvalue weighted by atomic mass is 35.5. The maximum Gasteiger partial charge on any atom is 0.573 e. The van der Waals surface area contributed by atoms with Crippen molar-refractivity contribution in [2.45, 2.75) is 6.36 Å². The molecule has 0 aliphatic carbocycles. The zero-order chi connectivity index (χ0) is 15.6. The van der Waals surface area contributed by atoms with Gasteiger partial charge >= 0.3 is 6.36 Å². The zero-order valence-corrected chi connectivity index (χ0v) is 11.0. The number of alkyl halides is 3. The van der Waals surface area contributed by atoms with Crippen LogP contribution in [-0.2, 0) is 0 Å². The van der Waals surface area contributed by atoms with E-state index in [1.54, 1.807) is 0 Å². The third kappa shape index (κ3) is 3.95. The first-order chi connectivity index (χ1) is 9.78. The van der Waals surface area contributed by atoms with E-state index in [-0.39, 0.29) is 16.1 Å². The average Bonchev–Trinajstić information content (AvgIpc) is 2.39. The molecular formula is C14H7ClF4O2. The summed E-state index contributed by atoms with van der Waals surface area (Å²) in [6.07, 6.45) is -4.49. The number of rotatable bonds is 3. The number of carbonyl (C=O) groups is 1. The molecule has 0 aromatic heterocycles. The molecule has 0 radical (unpaired) electrons. The van der Waals surface area contributed by atoms with E-state index in [2.05, 4.69) is 4.74 Å². The van der Waals surface area contributed by atoms with Gasteiger partial charge in [-0.3, -0.25) is 4.79 Å². The van der Waals surface area contributed by atoms with Crippen molar-refractivity contribution < 1.29 is 27.1 Å². The van der Waals surface area contributed by atoms with Gasteiger partial charge in [0.1, 0.15) is 17.9 Å². The van der Waals surface area contributed by atoms with Crippen LogP contribution in [0.1, 0.15) is 10.4 Å². The quantitative estimate of drug-likeness (QED) is 0.597. The predicted octanol–water partition coefficient (Wildman–Crippen LogP) is 4.86. The third-order valence-electron chi connectivity index (χ3n) is 2.55. The van der Waals surface area contributed by atoms with Gasteiger partial charge in [-0.05, 0) is 41.5 Å². The van der Waals surface area contributed by atoms with Gasteiger partial charge in [0.15, 0.2) is 0 Å². The van der Waals surface area contributed by atoms with Crippen molar-refractivity contribution in [2.75, 3.05) is 0 Å². The molecule has 2 rings (SSSR count). The molecule has 0 unspecified atom stereocenters. The normalized spacial score (nSPS) is 11.3. The van der Waals surface area contributed by atoms with E-state index >= 15 is 0 Å². The van der Waals surface area contributed by atoms with Crippen molar-refractivity contribution in [1.29, 1.82) is 0 Å². The van der Waals surface area contributed by atoms with Crippen LogP contribution in [0.2, 0.25) is 5.02 Å². The van der Waals surface area contributed by atoms with Gasteiger partial charge < -0.3 is 4.74 Å². The van der Waals surface area contributed by atoms with Crippen LogP contribution in [0.4, 0.5) is 17.6 Å². The van der Waals surface area contributed by atoms with Crippen LogP contribution in [0.5, 0.6) is 5.75 Å². The number of benzene rings is 2. The van der Waals surface area contributed by atoms with E-state index in [9.17, 15) is 22.4 Å². The minimum absolute atomic E-state index is 0.00722. The molecule has 0 saturated carbocycles. The standard InChI is InChI=1S/C14H7ClF4O2/c15-12-6-9(1-2-13(12)16)10-3-8(7-20)4-11(5-10)21-14(17,18)19/h1-7H. The molecule has 2 aromatic carbocycles. The summed E-state index contributed by atoms with van der Waals surface area (Å²) in [6, 6.07) is 7.05. The first-order valence-electron chi connectivity index (χ1n) is 5.60. The number of carbonyl (C=O) groups excluding carboxylic acids is 1. The van der Waals surface area contributed by atoms with Crippen LogP contribution in [0.3, 0.4) is 0 Å². The van der Waals surface area contributed by atoms with Gasteiger partial charge in [-0.1, -0.05) is 17.7 Å². The molecule has 21 heavy (non-hydrogen) atoms. The fourth-order valence-electron chi connectivity index (χ4n) is 1.73. The first kappa shape index (κ1) is 15.3. The lowest BCUT2D eigenvalue weighted by molar-refractivity contribution is -0.274. The van der Waals surface area contributed by atoms with Crippen molar-refractivity contribution in [2.24, 2.45) is 0 Å². The largest absolute Gasteiger partial charge is 0.573 e. The Balaban J connectivity index is 2.49. The molecule has 0 fully saturated rings. The van der Waals surface area contributed by atoms with Crippen LogP contribution < -0.4 is 4.74 Å². The average molecular weight is 319 g/mol. The summed E-state index contributed by atoms with van der Waals surface area (Å²) in [5, 5.41) is -0.178. The van der Waals surface area contributed by atoms with Crippen LogP contribution in [0.25, 0.3) is 11.1 Å². The fourth-order valence-corrected chi connectivity index (χ4v) is 1.91. The Labute approximate surface area is 121 Å². The van der Waals surface area contributed by atoms with E-state index in [0.29, 0.717) is 11.8 Å². The van der Waals surface area contributed by atoms with Crippen molar-refractivity contribution >= 4 is 17.9 Å². The SMILES string of the molecule is O=Cc1cc(OC(F)(F)F)cc(-c2ccc(F)c(Cl)c2)c1. The van der Waals surface area contributed by atoms with Gasteiger partial charge in [-0.2, -0.15) is 0 Å². The molecule has 7 heteroatoms. The molecule has 0 aliphatic heterocycles. The minimum Gasteiger partial charge on any atom is -0.406 e. The highest BCUT2D eigenvalue weighted by Gasteiger charge is 2.31. The molecule has 0 spiro atoms. The molecule has 0 N–H and O–H groups in total. The smallest absolute Gasteiger partial charge is 0.406 e. The molecule has 2 aromatic rings. The molecule has 110 valence electrons. The Kier molecular flexibility index (Phi) is 4.18. The summed E-state index contributed by atoms with van der Waals surface area (Å²) in [6.45, 7) is 0. The first-order valence-corrected chi connectivity index (χ1v) is 5.98. The second-order valence-corrected chi connectivity index (χ2v) is 4.49. The molecule has 0 bridgehead atoms. The van der Waals surface area contributed by atoms with Gasteiger partial charge in [0, 0.05) is 5.56 Å². The molecule has 0 amide bonds. The van der Waals surface area contributed by atoms with Crippen molar-refractivity contribution in [1.82, 2.24) is 0 Å². The van der Waals surface area contributed by atoms with Crippen LogP contribution in [0, 0.1) is 5.82 Å². The summed E-state index contributed by atoms with van der Waals surface area (Å²) < 4.78 is 53.6. The third-order valence-corrected chi connectivity index (χ3v) is 2.84. The lowest BCUT2D eigenvalue weighted by Crippen LogP contribution is -2.17. The Morgan fingerprint density at radius 1 is 1.05 bits per heavy atom. The number of aldehydes is 1. The van der Waals surface area contributed by atoms with E-state index in [4.69, 9.17) is 11.6 Å². The summed E-state index contributed by atoms with van der Waals surface area (Å²) in [5.41, 5.74) is 0.602. The topological polar surface area (TPSA) is 26.3 Å². The second kappa shape index (κ2) is 5.73. The maximum absolute atomic E-state index is 13.1. The van der Waals surface area contributed by atoms with Gasteiger partial charge in [-0.15, -0.1) is 13.2 Å². The molecule has 0 heterocycles. The van der Waals surface area contributed by atoms with Crippen molar-refractivity contribution in [3.8, 4) is 16.9 Å². The second-order valence-electron chi connectivity index (χ2n) is 4.09. The molecule has 0 atom stereocenters. The van der Waals surface area contributed by atoms with Gasteiger partial charge in [0.05, 0.1) is 5.02 Å². The Morgan fingerprint density at radius 3 is 2.33 bits per heavy atom. The lowest BCUT2D eigenvalue weighted by atomic mass is 10.0. The summed E-state index contributed by atoms with van der Waals surface area (Å²) in [4.78, 5) is 10.8. The van der Waals surface area contributed by atoms with Crippen molar-refractivity contribution in [3.63, 3.8) is 0 Å². The molecule has 2 nitrogen and oxygen atoms in total. The summed E-state index contributed by atoms with van der Waals surface area (Å²) in [5.74, 6) is -1.19. The van der Waals surface area contributed by atoms with E-state index in [1.807, 2.05) is 0 Å². The van der Waals surface area contributed by atoms with Crippen LogP contribution in [0.15, 0.2) is 36.4 Å². The predicted molar refractivity (Wildman–Crippen MR) is 68.9 cm³/mol. The van der Waals surface area contributed by atoms with Gasteiger partial charge in [0.2, 0.25) is 0 Å². The van der Waals surface area contributed by atoms with Crippen LogP contribution >= 0.6 is 11.6 Å². The summed E-state index contributed by atoms with van der Waals surface area (Å²) >= 11 is 5.63. The lowest BCUT2D eigenvalue weighted by Gasteiger charge is -2.11. The van der Waals surface area contributed by atoms with Gasteiger partial charge in [0.25, 0.3) is 0 Å². The molecule has 0 aliphatic rings. The Morgan fingerprint density at radius 2 is 1.76 bits per heavy atom. The van der Waals surface area contributed by atoms with E-state index in [0.717, 1.165) is 18.2 Å². The molecule has 0 saturated heterocycles. The number of ether oxygens (including phenoxy) is 1. The highest BCUT2D eigenvalue weighted by molar-refractivity contribution is 6.31. The number of hydrogen-bond donors (Lipinski definition) is 0. The number of hydrogen-bond acceptors (Lipinski definition) is 2. The van der Waals surface area contributed by atoms with E-state index in [1.165, 1.54) is 18.2 Å². The Hall–Kier alpha value is -2.08. The highest BCUT2D eigenvalue weighted by Crippen LogP contribution is 2.31. The van der Waals surface area contributed by atoms with Gasteiger partial charge in [-0.25, -0.2) is 4.39 Å². The monoisotopic (exact) mass is 318 g/mol. The minimum atomic E-state index is -4.88. The van der Waals surface area contributed by atoms with Crippen LogP contribution in [-0.4, -0.2) is 12.6 Å². The number of halogens is 5. The fraction of sp³-hybridized carbons (Fsp3) is 0.0714.